The van der Waals surface area contributed by atoms with Gasteiger partial charge < -0.3 is 20.1 Å². The van der Waals surface area contributed by atoms with Gasteiger partial charge in [-0.2, -0.15) is 11.8 Å². The van der Waals surface area contributed by atoms with Gasteiger partial charge in [0.15, 0.2) is 17.5 Å². The van der Waals surface area contributed by atoms with Crippen LogP contribution in [0.1, 0.15) is 31.7 Å². The fourth-order valence-corrected chi connectivity index (χ4v) is 4.22. The predicted octanol–water partition coefficient (Wildman–Crippen LogP) is 3.42. The van der Waals surface area contributed by atoms with Crippen LogP contribution in [0.25, 0.3) is 0 Å². The summed E-state index contributed by atoms with van der Waals surface area (Å²) in [6.45, 7) is 5.41. The monoisotopic (exact) mass is 477 g/mol. The van der Waals surface area contributed by atoms with Crippen molar-refractivity contribution in [3.63, 3.8) is 0 Å². The molecule has 2 N–H and O–H groups in total. The molecule has 1 fully saturated rings. The lowest BCUT2D eigenvalue weighted by Gasteiger charge is -2.24. The van der Waals surface area contributed by atoms with Gasteiger partial charge in [-0.15, -0.1) is 24.0 Å². The lowest BCUT2D eigenvalue weighted by atomic mass is 10.1. The summed E-state index contributed by atoms with van der Waals surface area (Å²) in [5.41, 5.74) is 1.16. The molecular weight excluding hydrogens is 449 g/mol. The Kier molecular flexibility index (Phi) is 7.99. The van der Waals surface area contributed by atoms with E-state index in [2.05, 4.69) is 46.4 Å². The third-order valence-corrected chi connectivity index (χ3v) is 5.96. The summed E-state index contributed by atoms with van der Waals surface area (Å²) >= 11 is 2.05. The average Bonchev–Trinajstić information content (AvgIpc) is 2.89. The molecule has 0 aliphatic carbocycles. The Bertz CT molecular complexity index is 592. The quantitative estimate of drug-likeness (QED) is 0.396. The van der Waals surface area contributed by atoms with Gasteiger partial charge in [0.05, 0.1) is 13.2 Å². The van der Waals surface area contributed by atoms with Gasteiger partial charge in [-0.1, -0.05) is 6.07 Å². The number of nitrogens with zero attached hydrogens (tertiary/aromatic N) is 1. The molecule has 0 amide bonds. The average molecular weight is 477 g/mol. The summed E-state index contributed by atoms with van der Waals surface area (Å²) < 4.78 is 11.7. The number of hydrogen-bond acceptors (Lipinski definition) is 4. The second-order valence-electron chi connectivity index (χ2n) is 6.51. The molecule has 0 aromatic heterocycles. The molecule has 5 nitrogen and oxygen atoms in total. The Hall–Kier alpha value is -0.830. The Morgan fingerprint density at radius 1 is 1.20 bits per heavy atom. The lowest BCUT2D eigenvalue weighted by molar-refractivity contribution is 0.297. The van der Waals surface area contributed by atoms with Crippen molar-refractivity contribution < 1.29 is 9.47 Å². The Labute approximate surface area is 171 Å². The van der Waals surface area contributed by atoms with Gasteiger partial charge in [0.1, 0.15) is 0 Å². The third kappa shape index (κ3) is 5.84. The van der Waals surface area contributed by atoms with Crippen LogP contribution in [0.2, 0.25) is 0 Å². The van der Waals surface area contributed by atoms with Gasteiger partial charge in [0, 0.05) is 31.3 Å². The zero-order valence-electron chi connectivity index (χ0n) is 15.0. The maximum Gasteiger partial charge on any atom is 0.191 e. The van der Waals surface area contributed by atoms with E-state index in [0.717, 1.165) is 42.6 Å². The fourth-order valence-electron chi connectivity index (χ4n) is 2.97. The van der Waals surface area contributed by atoms with Crippen LogP contribution in [-0.2, 0) is 6.54 Å². The van der Waals surface area contributed by atoms with E-state index in [1.165, 1.54) is 18.6 Å². The number of benzene rings is 1. The van der Waals surface area contributed by atoms with Crippen LogP contribution < -0.4 is 20.1 Å². The van der Waals surface area contributed by atoms with Gasteiger partial charge in [0.25, 0.3) is 0 Å². The van der Waals surface area contributed by atoms with Crippen molar-refractivity contribution in [3.8, 4) is 11.5 Å². The van der Waals surface area contributed by atoms with E-state index in [9.17, 15) is 0 Å². The minimum Gasteiger partial charge on any atom is -0.490 e. The Morgan fingerprint density at radius 2 is 2.00 bits per heavy atom. The Morgan fingerprint density at radius 3 is 2.72 bits per heavy atom. The van der Waals surface area contributed by atoms with Crippen LogP contribution in [0.3, 0.4) is 0 Å². The van der Waals surface area contributed by atoms with E-state index in [0.29, 0.717) is 17.9 Å². The Balaban J connectivity index is 0.00000225. The van der Waals surface area contributed by atoms with E-state index in [4.69, 9.17) is 9.47 Å². The number of rotatable bonds is 4. The highest BCUT2D eigenvalue weighted by Crippen LogP contribution is 2.36. The van der Waals surface area contributed by atoms with Crippen molar-refractivity contribution in [2.45, 2.75) is 37.5 Å². The highest BCUT2D eigenvalue weighted by atomic mass is 127. The van der Waals surface area contributed by atoms with Crippen LogP contribution in [-0.4, -0.2) is 43.3 Å². The fraction of sp³-hybridized carbons (Fsp3) is 0.611. The maximum atomic E-state index is 5.75. The molecule has 1 aromatic carbocycles. The number of aliphatic imine (C=N–C) groups is 1. The highest BCUT2D eigenvalue weighted by molar-refractivity contribution is 14.0. The van der Waals surface area contributed by atoms with E-state index >= 15 is 0 Å². The van der Waals surface area contributed by atoms with Crippen molar-refractivity contribution >= 4 is 41.7 Å². The van der Waals surface area contributed by atoms with Crippen molar-refractivity contribution in [1.82, 2.24) is 10.6 Å². The smallest absolute Gasteiger partial charge is 0.191 e. The van der Waals surface area contributed by atoms with Crippen LogP contribution in [0, 0.1) is 0 Å². The molecule has 2 aliphatic rings. The molecular formula is C18H28IN3O2S. The molecule has 3 rings (SSSR count). The minimum absolute atomic E-state index is 0. The first kappa shape index (κ1) is 20.5. The summed E-state index contributed by atoms with van der Waals surface area (Å²) in [7, 11) is 1.81. The number of ether oxygens (including phenoxy) is 2. The number of thioether (sulfide) groups is 1. The van der Waals surface area contributed by atoms with E-state index < -0.39 is 0 Å². The van der Waals surface area contributed by atoms with Gasteiger partial charge in [-0.25, -0.2) is 0 Å². The summed E-state index contributed by atoms with van der Waals surface area (Å²) in [5.74, 6) is 3.78. The van der Waals surface area contributed by atoms with Crippen molar-refractivity contribution in [2.24, 2.45) is 4.99 Å². The van der Waals surface area contributed by atoms with Gasteiger partial charge >= 0.3 is 0 Å². The number of fused-ring (bicyclic) bond motifs is 1. The van der Waals surface area contributed by atoms with Crippen LogP contribution in [0.4, 0.5) is 0 Å². The third-order valence-electron chi connectivity index (χ3n) is 4.43. The molecule has 0 bridgehead atoms. The molecule has 7 heteroatoms. The first-order valence-electron chi connectivity index (χ1n) is 8.66. The molecule has 2 heterocycles. The number of halogens is 1. The minimum atomic E-state index is 0. The molecule has 25 heavy (non-hydrogen) atoms. The van der Waals surface area contributed by atoms with Crippen LogP contribution in [0.15, 0.2) is 23.2 Å². The standard InChI is InChI=1S/C18H27N3O2S.HI/c1-18(7-3-10-24-18)13-21-17(19-2)20-12-14-5-6-15-16(11-14)23-9-4-8-22-15;/h5-6,11H,3-4,7-10,12-13H2,1-2H3,(H2,19,20,21);1H. The largest absolute Gasteiger partial charge is 0.490 e. The first-order chi connectivity index (χ1) is 11.7. The van der Waals surface area contributed by atoms with Gasteiger partial charge in [-0.3, -0.25) is 4.99 Å². The maximum absolute atomic E-state index is 5.75. The lowest BCUT2D eigenvalue weighted by Crippen LogP contribution is -2.43. The number of nitrogens with one attached hydrogen (secondary N) is 2. The van der Waals surface area contributed by atoms with Crippen molar-refractivity contribution in [1.29, 1.82) is 0 Å². The number of guanidine groups is 1. The summed E-state index contributed by atoms with van der Waals surface area (Å²) in [4.78, 5) is 4.33. The zero-order chi connectivity index (χ0) is 16.8. The predicted molar refractivity (Wildman–Crippen MR) is 116 cm³/mol. The molecule has 1 atom stereocenters. The van der Waals surface area contributed by atoms with Gasteiger partial charge in [0.2, 0.25) is 0 Å². The van der Waals surface area contributed by atoms with Gasteiger partial charge in [-0.05, 0) is 43.2 Å². The summed E-state index contributed by atoms with van der Waals surface area (Å²) in [6, 6.07) is 6.11. The molecule has 1 aromatic rings. The molecule has 1 saturated heterocycles. The normalized spacial score (nSPS) is 22.7. The first-order valence-corrected chi connectivity index (χ1v) is 9.64. The van der Waals surface area contributed by atoms with Crippen LogP contribution in [0.5, 0.6) is 11.5 Å². The summed E-state index contributed by atoms with van der Waals surface area (Å²) in [5, 5.41) is 6.84. The van der Waals surface area contributed by atoms with E-state index in [1.807, 2.05) is 13.1 Å². The molecule has 140 valence electrons. The second-order valence-corrected chi connectivity index (χ2v) is 8.20. The molecule has 2 aliphatic heterocycles. The van der Waals surface area contributed by atoms with E-state index in [-0.39, 0.29) is 24.0 Å². The SMILES string of the molecule is CN=C(NCc1ccc2c(c1)OCCCO2)NCC1(C)CCCS1.I. The molecule has 1 unspecified atom stereocenters. The highest BCUT2D eigenvalue weighted by Gasteiger charge is 2.29. The molecule has 0 spiro atoms. The number of hydrogen-bond donors (Lipinski definition) is 2. The van der Waals surface area contributed by atoms with Crippen LogP contribution >= 0.6 is 35.7 Å². The summed E-state index contributed by atoms with van der Waals surface area (Å²) in [6.07, 6.45) is 3.51. The molecule has 0 saturated carbocycles. The zero-order valence-corrected chi connectivity index (χ0v) is 18.1. The topological polar surface area (TPSA) is 54.9 Å². The van der Waals surface area contributed by atoms with Crippen molar-refractivity contribution in [3.05, 3.63) is 23.8 Å². The van der Waals surface area contributed by atoms with E-state index in [1.54, 1.807) is 0 Å². The second kappa shape index (κ2) is 9.75. The molecule has 0 radical (unpaired) electrons. The van der Waals surface area contributed by atoms with Crippen molar-refractivity contribution in [2.75, 3.05) is 32.6 Å².